The molecule has 8 nitrogen and oxygen atoms in total. The summed E-state index contributed by atoms with van der Waals surface area (Å²) in [5.74, 6) is 0. The third-order valence-electron chi connectivity index (χ3n) is 6.16. The highest BCUT2D eigenvalue weighted by atomic mass is 35.5. The van der Waals surface area contributed by atoms with E-state index in [4.69, 9.17) is 31.1 Å². The molecule has 6 rings (SSSR count). The summed E-state index contributed by atoms with van der Waals surface area (Å²) in [6.07, 6.45) is -1.71. The number of H-pyrrole nitrogens is 1. The number of benzene rings is 2. The van der Waals surface area contributed by atoms with Crippen molar-refractivity contribution in [3.8, 4) is 34.5 Å². The van der Waals surface area contributed by atoms with Crippen molar-refractivity contribution in [3.05, 3.63) is 65.2 Å². The van der Waals surface area contributed by atoms with Crippen LogP contribution >= 0.6 is 11.6 Å². The number of halogens is 1. The number of rotatable bonds is 4. The van der Waals surface area contributed by atoms with E-state index in [-0.39, 0.29) is 24.9 Å². The topological polar surface area (TPSA) is 113 Å². The van der Waals surface area contributed by atoms with Crippen molar-refractivity contribution in [1.82, 2.24) is 15.0 Å². The van der Waals surface area contributed by atoms with Gasteiger partial charge in [0.2, 0.25) is 0 Å². The second kappa shape index (κ2) is 8.38. The third kappa shape index (κ3) is 3.69. The summed E-state index contributed by atoms with van der Waals surface area (Å²) in [5.41, 5.74) is 5.28. The van der Waals surface area contributed by atoms with Crippen molar-refractivity contribution in [2.45, 2.75) is 24.4 Å². The standard InChI is InChI=1S/C25H19ClN4O4/c26-17-9-18-24(30-25(28-18)34-20-12-33-22-19(31)11-32-23(20)22)29-21(17)16-7-5-15(6-8-16)14-3-1-13(10-27)2-4-14/h1-9,19-20,22-23,31H,11-12H2,(H,28,29,30)/t19-,20-,22?,23?/m1/s1. The van der Waals surface area contributed by atoms with Crippen molar-refractivity contribution in [3.63, 3.8) is 0 Å². The zero-order valence-corrected chi connectivity index (χ0v) is 18.6. The fourth-order valence-electron chi connectivity index (χ4n) is 4.40. The van der Waals surface area contributed by atoms with E-state index < -0.39 is 6.10 Å². The Balaban J connectivity index is 1.24. The Morgan fingerprint density at radius 3 is 2.38 bits per heavy atom. The fourth-order valence-corrected chi connectivity index (χ4v) is 4.66. The van der Waals surface area contributed by atoms with E-state index in [1.165, 1.54) is 0 Å². The predicted octanol–water partition coefficient (Wildman–Crippen LogP) is 3.72. The first-order valence-electron chi connectivity index (χ1n) is 10.8. The van der Waals surface area contributed by atoms with Crippen molar-refractivity contribution in [2.24, 2.45) is 0 Å². The number of ether oxygens (including phenoxy) is 3. The van der Waals surface area contributed by atoms with Gasteiger partial charge in [0, 0.05) is 5.56 Å². The molecule has 9 heteroatoms. The van der Waals surface area contributed by atoms with Gasteiger partial charge >= 0.3 is 0 Å². The lowest BCUT2D eigenvalue weighted by Gasteiger charge is -2.15. The minimum absolute atomic E-state index is 0.236. The molecule has 4 atom stereocenters. The van der Waals surface area contributed by atoms with Crippen LogP contribution in [-0.4, -0.2) is 57.7 Å². The lowest BCUT2D eigenvalue weighted by Crippen LogP contribution is -2.34. The van der Waals surface area contributed by atoms with Crippen molar-refractivity contribution in [2.75, 3.05) is 13.2 Å². The molecule has 2 aromatic carbocycles. The van der Waals surface area contributed by atoms with E-state index in [2.05, 4.69) is 21.0 Å². The molecule has 0 radical (unpaired) electrons. The molecule has 0 saturated carbocycles. The smallest absolute Gasteiger partial charge is 0.296 e. The van der Waals surface area contributed by atoms with Crippen LogP contribution in [0, 0.1) is 11.3 Å². The number of nitrogens with zero attached hydrogens (tertiary/aromatic N) is 3. The van der Waals surface area contributed by atoms with Crippen LogP contribution in [-0.2, 0) is 9.47 Å². The fraction of sp³-hybridized carbons (Fsp3) is 0.240. The van der Waals surface area contributed by atoms with Gasteiger partial charge in [-0.3, -0.25) is 0 Å². The predicted molar refractivity (Wildman–Crippen MR) is 124 cm³/mol. The molecule has 2 fully saturated rings. The van der Waals surface area contributed by atoms with Gasteiger partial charge in [0.25, 0.3) is 6.01 Å². The highest BCUT2D eigenvalue weighted by Crippen LogP contribution is 2.33. The highest BCUT2D eigenvalue weighted by Gasteiger charge is 2.48. The zero-order chi connectivity index (χ0) is 23.2. The van der Waals surface area contributed by atoms with Gasteiger partial charge in [-0.05, 0) is 29.3 Å². The number of hydrogen-bond acceptors (Lipinski definition) is 7. The summed E-state index contributed by atoms with van der Waals surface area (Å²) < 4.78 is 17.2. The van der Waals surface area contributed by atoms with E-state index in [1.54, 1.807) is 18.2 Å². The van der Waals surface area contributed by atoms with Crippen molar-refractivity contribution >= 4 is 22.8 Å². The molecule has 2 aliphatic rings. The Hall–Kier alpha value is -3.48. The van der Waals surface area contributed by atoms with E-state index >= 15 is 0 Å². The van der Waals surface area contributed by atoms with Crippen LogP contribution in [0.2, 0.25) is 5.02 Å². The normalized spacial score (nSPS) is 23.7. The van der Waals surface area contributed by atoms with Crippen LogP contribution in [0.25, 0.3) is 33.5 Å². The number of fused-ring (bicyclic) bond motifs is 2. The minimum Gasteiger partial charge on any atom is -0.456 e. The van der Waals surface area contributed by atoms with Crippen LogP contribution in [0.1, 0.15) is 5.56 Å². The van der Waals surface area contributed by atoms with E-state index in [9.17, 15) is 5.11 Å². The van der Waals surface area contributed by atoms with Crippen molar-refractivity contribution in [1.29, 1.82) is 5.26 Å². The maximum atomic E-state index is 9.90. The average Bonchev–Trinajstić information content (AvgIpc) is 3.55. The molecule has 2 aliphatic heterocycles. The Labute approximate surface area is 199 Å². The quantitative estimate of drug-likeness (QED) is 0.463. The lowest BCUT2D eigenvalue weighted by atomic mass is 10.0. The number of aromatic amines is 1. The van der Waals surface area contributed by atoms with E-state index in [0.29, 0.717) is 40.1 Å². The molecule has 0 amide bonds. The summed E-state index contributed by atoms with van der Waals surface area (Å²) in [7, 11) is 0. The molecule has 2 unspecified atom stereocenters. The summed E-state index contributed by atoms with van der Waals surface area (Å²) in [5, 5.41) is 19.4. The molecular weight excluding hydrogens is 456 g/mol. The van der Waals surface area contributed by atoms with Gasteiger partial charge in [-0.15, -0.1) is 0 Å². The molecule has 34 heavy (non-hydrogen) atoms. The summed E-state index contributed by atoms with van der Waals surface area (Å²) in [6, 6.07) is 19.5. The van der Waals surface area contributed by atoms with Gasteiger partial charge in [-0.1, -0.05) is 48.0 Å². The highest BCUT2D eigenvalue weighted by molar-refractivity contribution is 6.33. The number of pyridine rings is 1. The molecule has 2 saturated heterocycles. The molecule has 4 heterocycles. The van der Waals surface area contributed by atoms with Crippen LogP contribution in [0.15, 0.2) is 54.6 Å². The van der Waals surface area contributed by atoms with Gasteiger partial charge in [0.1, 0.15) is 18.3 Å². The van der Waals surface area contributed by atoms with Gasteiger partial charge in [-0.2, -0.15) is 10.2 Å². The molecule has 0 aliphatic carbocycles. The number of hydrogen-bond donors (Lipinski definition) is 2. The number of aliphatic hydroxyl groups is 1. The lowest BCUT2D eigenvalue weighted by molar-refractivity contribution is 0.00706. The molecule has 2 aromatic heterocycles. The Kier molecular flexibility index (Phi) is 5.20. The largest absolute Gasteiger partial charge is 0.456 e. The van der Waals surface area contributed by atoms with Crippen LogP contribution in [0.3, 0.4) is 0 Å². The molecule has 2 N–H and O–H groups in total. The summed E-state index contributed by atoms with van der Waals surface area (Å²) >= 11 is 6.55. The number of aliphatic hydroxyl groups excluding tert-OH is 1. The number of imidazole rings is 1. The second-order valence-electron chi connectivity index (χ2n) is 8.32. The molecular formula is C25H19ClN4O4. The number of nitriles is 1. The van der Waals surface area contributed by atoms with Crippen LogP contribution in [0.4, 0.5) is 0 Å². The first kappa shape index (κ1) is 21.1. The zero-order valence-electron chi connectivity index (χ0n) is 17.8. The van der Waals surface area contributed by atoms with Gasteiger partial charge in [0.15, 0.2) is 11.8 Å². The number of nitrogens with one attached hydrogen (secondary N) is 1. The van der Waals surface area contributed by atoms with E-state index in [1.807, 2.05) is 36.4 Å². The van der Waals surface area contributed by atoms with Gasteiger partial charge in [0.05, 0.1) is 41.1 Å². The summed E-state index contributed by atoms with van der Waals surface area (Å²) in [4.78, 5) is 12.2. The second-order valence-corrected chi connectivity index (χ2v) is 8.73. The monoisotopic (exact) mass is 474 g/mol. The van der Waals surface area contributed by atoms with E-state index in [0.717, 1.165) is 16.7 Å². The number of aromatic nitrogens is 3. The molecule has 170 valence electrons. The third-order valence-corrected chi connectivity index (χ3v) is 6.44. The van der Waals surface area contributed by atoms with Crippen molar-refractivity contribution < 1.29 is 19.3 Å². The first-order chi connectivity index (χ1) is 16.6. The maximum absolute atomic E-state index is 9.90. The molecule has 0 spiro atoms. The van der Waals surface area contributed by atoms with Gasteiger partial charge in [-0.25, -0.2) is 4.98 Å². The SMILES string of the molecule is N#Cc1ccc(-c2ccc(-c3nc4nc(O[C@@H]5COC6C5OC[C@H]6O)[nH]c4cc3Cl)cc2)cc1. The van der Waals surface area contributed by atoms with Crippen LogP contribution in [0.5, 0.6) is 6.01 Å². The Morgan fingerprint density at radius 2 is 1.65 bits per heavy atom. The Bertz CT molecular complexity index is 1400. The molecule has 0 bridgehead atoms. The van der Waals surface area contributed by atoms with Gasteiger partial charge < -0.3 is 24.3 Å². The molecule has 4 aromatic rings. The summed E-state index contributed by atoms with van der Waals surface area (Å²) in [6.45, 7) is 0.550. The van der Waals surface area contributed by atoms with Crippen LogP contribution < -0.4 is 4.74 Å². The average molecular weight is 475 g/mol. The minimum atomic E-state index is -0.638. The first-order valence-corrected chi connectivity index (χ1v) is 11.2. The Morgan fingerprint density at radius 1 is 0.971 bits per heavy atom. The maximum Gasteiger partial charge on any atom is 0.296 e.